The monoisotopic (exact) mass is 443 g/mol. The second kappa shape index (κ2) is 7.11. The van der Waals surface area contributed by atoms with Gasteiger partial charge in [0.05, 0.1) is 30.4 Å². The summed E-state index contributed by atoms with van der Waals surface area (Å²) < 4.78 is 44.2. The number of hydrogen-bond donors (Lipinski definition) is 1. The molecule has 10 heteroatoms. The number of benzene rings is 1. The first-order valence-corrected chi connectivity index (χ1v) is 11.4. The van der Waals surface area contributed by atoms with E-state index in [9.17, 15) is 17.9 Å². The van der Waals surface area contributed by atoms with E-state index in [0.29, 0.717) is 19.4 Å². The fourth-order valence-corrected chi connectivity index (χ4v) is 6.03. The highest BCUT2D eigenvalue weighted by Gasteiger charge is 2.45. The van der Waals surface area contributed by atoms with Crippen molar-refractivity contribution in [3.8, 4) is 5.69 Å². The van der Waals surface area contributed by atoms with Crippen molar-refractivity contribution >= 4 is 16.1 Å². The van der Waals surface area contributed by atoms with Gasteiger partial charge in [-0.1, -0.05) is 5.57 Å². The van der Waals surface area contributed by atoms with E-state index in [0.717, 1.165) is 22.5 Å². The van der Waals surface area contributed by atoms with E-state index in [1.165, 1.54) is 33.5 Å². The van der Waals surface area contributed by atoms with Crippen LogP contribution in [0.1, 0.15) is 17.7 Å². The lowest BCUT2D eigenvalue weighted by Gasteiger charge is -2.44. The number of piperidine rings is 1. The first-order chi connectivity index (χ1) is 14.8. The van der Waals surface area contributed by atoms with E-state index in [4.69, 9.17) is 0 Å². The number of hydrogen-bond acceptors (Lipinski definition) is 5. The Morgan fingerprint density at radius 1 is 1.19 bits per heavy atom. The van der Waals surface area contributed by atoms with E-state index < -0.39 is 15.4 Å². The summed E-state index contributed by atoms with van der Waals surface area (Å²) in [4.78, 5) is 0.149. The van der Waals surface area contributed by atoms with Crippen LogP contribution >= 0.6 is 0 Å². The minimum Gasteiger partial charge on any atom is -0.395 e. The Balaban J connectivity index is 1.50. The Morgan fingerprint density at radius 3 is 2.65 bits per heavy atom. The smallest absolute Gasteiger partial charge is 0.246 e. The van der Waals surface area contributed by atoms with Crippen LogP contribution in [0.4, 0.5) is 4.39 Å². The zero-order valence-corrected chi connectivity index (χ0v) is 17.8. The third kappa shape index (κ3) is 3.22. The number of rotatable bonds is 4. The van der Waals surface area contributed by atoms with Crippen LogP contribution in [0.2, 0.25) is 0 Å². The van der Waals surface area contributed by atoms with Gasteiger partial charge in [-0.15, -0.1) is 0 Å². The molecule has 1 aliphatic carbocycles. The molecule has 0 spiro atoms. The highest BCUT2D eigenvalue weighted by Crippen LogP contribution is 2.44. The summed E-state index contributed by atoms with van der Waals surface area (Å²) in [5.74, 6) is -0.315. The van der Waals surface area contributed by atoms with Crippen molar-refractivity contribution in [2.24, 2.45) is 12.5 Å². The summed E-state index contributed by atoms with van der Waals surface area (Å²) in [6.45, 7) is 0.345. The van der Waals surface area contributed by atoms with Crippen molar-refractivity contribution < 1.29 is 17.9 Å². The lowest BCUT2D eigenvalue weighted by atomic mass is 9.69. The van der Waals surface area contributed by atoms with E-state index in [1.54, 1.807) is 30.1 Å². The quantitative estimate of drug-likeness (QED) is 0.663. The molecule has 5 rings (SSSR count). The molecule has 1 saturated heterocycles. The molecule has 0 saturated carbocycles. The van der Waals surface area contributed by atoms with Crippen molar-refractivity contribution in [1.82, 2.24) is 23.9 Å². The van der Waals surface area contributed by atoms with E-state index in [1.807, 2.05) is 6.08 Å². The summed E-state index contributed by atoms with van der Waals surface area (Å²) in [6, 6.07) is 6.11. The predicted octanol–water partition coefficient (Wildman–Crippen LogP) is 1.76. The van der Waals surface area contributed by atoms with E-state index in [2.05, 4.69) is 10.2 Å². The Morgan fingerprint density at radius 2 is 1.97 bits per heavy atom. The third-order valence-electron chi connectivity index (χ3n) is 6.21. The van der Waals surface area contributed by atoms with Crippen molar-refractivity contribution in [2.75, 3.05) is 19.7 Å². The molecule has 0 radical (unpaired) electrons. The molecule has 8 nitrogen and oxygen atoms in total. The third-order valence-corrected chi connectivity index (χ3v) is 8.01. The van der Waals surface area contributed by atoms with E-state index >= 15 is 0 Å². The molecule has 2 aromatic heterocycles. The minimum atomic E-state index is -3.70. The van der Waals surface area contributed by atoms with Crippen LogP contribution in [0.5, 0.6) is 0 Å². The van der Waals surface area contributed by atoms with Crippen LogP contribution < -0.4 is 0 Å². The molecular formula is C21H22FN5O3S. The first-order valence-electron chi connectivity index (χ1n) is 9.96. The van der Waals surface area contributed by atoms with Crippen LogP contribution in [0, 0.1) is 11.2 Å². The number of aliphatic hydroxyl groups is 1. The Hall–Kier alpha value is -2.82. The normalized spacial score (nSPS) is 21.5. The molecule has 0 bridgehead atoms. The maximum absolute atomic E-state index is 13.3. The van der Waals surface area contributed by atoms with Gasteiger partial charge >= 0.3 is 0 Å². The summed E-state index contributed by atoms with van der Waals surface area (Å²) in [5.41, 5.74) is 2.85. The van der Waals surface area contributed by atoms with Gasteiger partial charge in [0.1, 0.15) is 10.7 Å². The number of aryl methyl sites for hydroxylation is 1. The average molecular weight is 444 g/mol. The molecule has 162 valence electrons. The number of sulfonamides is 1. The van der Waals surface area contributed by atoms with Crippen LogP contribution in [-0.4, -0.2) is 57.1 Å². The Bertz CT molecular complexity index is 1280. The second-order valence-electron chi connectivity index (χ2n) is 8.17. The maximum atomic E-state index is 13.3. The molecule has 2 aliphatic rings. The molecule has 1 aromatic carbocycles. The molecule has 1 aliphatic heterocycles. The highest BCUT2D eigenvalue weighted by atomic mass is 32.2. The van der Waals surface area contributed by atoms with Gasteiger partial charge in [0.15, 0.2) is 0 Å². The number of halogens is 1. The van der Waals surface area contributed by atoms with Crippen molar-refractivity contribution in [1.29, 1.82) is 0 Å². The molecule has 1 N–H and O–H groups in total. The fourth-order valence-electron chi connectivity index (χ4n) is 4.52. The van der Waals surface area contributed by atoms with Gasteiger partial charge in [0.25, 0.3) is 0 Å². The van der Waals surface area contributed by atoms with Gasteiger partial charge in [-0.05, 0) is 48.7 Å². The number of aliphatic hydroxyl groups excluding tert-OH is 1. The fraction of sp³-hybridized carbons (Fsp3) is 0.333. The summed E-state index contributed by atoms with van der Waals surface area (Å²) in [5, 5.41) is 18.8. The van der Waals surface area contributed by atoms with Gasteiger partial charge in [-0.25, -0.2) is 17.5 Å². The molecule has 1 unspecified atom stereocenters. The van der Waals surface area contributed by atoms with Crippen molar-refractivity contribution in [3.63, 3.8) is 0 Å². The average Bonchev–Trinajstić information content (AvgIpc) is 3.38. The molecular weight excluding hydrogens is 421 g/mol. The summed E-state index contributed by atoms with van der Waals surface area (Å²) >= 11 is 0. The standard InChI is InChI=1S/C21H22FN5O3S/c1-25-12-19(11-23-25)31(29,30)26-7-6-16-8-20-15(9-21(16,13-26)14-28)10-24-27(20)18-4-2-17(22)3-5-18/h2-5,8,10-12,28H,6-7,9,13-14H2,1H3. The van der Waals surface area contributed by atoms with Crippen LogP contribution in [0.3, 0.4) is 0 Å². The topological polar surface area (TPSA) is 93.2 Å². The van der Waals surface area contributed by atoms with Gasteiger partial charge in [-0.2, -0.15) is 14.5 Å². The molecule has 3 aromatic rings. The van der Waals surface area contributed by atoms with E-state index in [-0.39, 0.29) is 23.9 Å². The van der Waals surface area contributed by atoms with Crippen LogP contribution in [0.15, 0.2) is 53.3 Å². The first kappa shape index (κ1) is 20.1. The van der Waals surface area contributed by atoms with Crippen molar-refractivity contribution in [2.45, 2.75) is 17.7 Å². The van der Waals surface area contributed by atoms with Crippen molar-refractivity contribution in [3.05, 3.63) is 65.5 Å². The van der Waals surface area contributed by atoms with Gasteiger partial charge < -0.3 is 5.11 Å². The molecule has 1 fully saturated rings. The molecule has 3 heterocycles. The molecule has 1 atom stereocenters. The minimum absolute atomic E-state index is 0.149. The van der Waals surface area contributed by atoms with Gasteiger partial charge in [0, 0.05) is 31.7 Å². The Kier molecular flexibility index (Phi) is 4.61. The molecule has 0 amide bonds. The number of aromatic nitrogens is 4. The predicted molar refractivity (Wildman–Crippen MR) is 111 cm³/mol. The second-order valence-corrected chi connectivity index (χ2v) is 10.1. The summed E-state index contributed by atoms with van der Waals surface area (Å²) in [7, 11) is -2.03. The molecule has 31 heavy (non-hydrogen) atoms. The summed E-state index contributed by atoms with van der Waals surface area (Å²) in [6.07, 6.45) is 7.55. The SMILES string of the molecule is Cn1cc(S(=O)(=O)N2CCC3=Cc4c(cnn4-c4ccc(F)cc4)CC3(CO)C2)cn1. The number of nitrogens with zero attached hydrogens (tertiary/aromatic N) is 5. The largest absolute Gasteiger partial charge is 0.395 e. The number of fused-ring (bicyclic) bond motifs is 2. The van der Waals surface area contributed by atoms with Gasteiger partial charge in [-0.3, -0.25) is 4.68 Å². The van der Waals surface area contributed by atoms with Gasteiger partial charge in [0.2, 0.25) is 10.0 Å². The highest BCUT2D eigenvalue weighted by molar-refractivity contribution is 7.89. The van der Waals surface area contributed by atoms with Crippen LogP contribution in [0.25, 0.3) is 11.8 Å². The lowest BCUT2D eigenvalue weighted by molar-refractivity contribution is 0.111. The van der Waals surface area contributed by atoms with Crippen LogP contribution in [-0.2, 0) is 23.5 Å². The zero-order chi connectivity index (χ0) is 21.8. The Labute approximate surface area is 179 Å². The maximum Gasteiger partial charge on any atom is 0.246 e. The lowest BCUT2D eigenvalue weighted by Crippen LogP contribution is -2.51. The zero-order valence-electron chi connectivity index (χ0n) is 16.9.